The maximum absolute atomic E-state index is 13.4. The van der Waals surface area contributed by atoms with Crippen LogP contribution in [-0.2, 0) is 32.6 Å². The summed E-state index contributed by atoms with van der Waals surface area (Å²) in [4.78, 5) is 13.0. The molecule has 0 spiro atoms. The molecule has 1 aliphatic rings. The Morgan fingerprint density at radius 2 is 2.09 bits per heavy atom. The normalized spacial score (nSPS) is 17.0. The number of methoxy groups -OCH3 is 1. The number of rotatable bonds is 9. The highest BCUT2D eigenvalue weighted by atomic mass is 32.2. The Hall–Kier alpha value is -2.82. The van der Waals surface area contributed by atoms with Crippen LogP contribution in [0.5, 0.6) is 0 Å². The average Bonchev–Trinajstić information content (AvgIpc) is 3.45. The van der Waals surface area contributed by atoms with Crippen LogP contribution in [0.3, 0.4) is 0 Å². The zero-order chi connectivity index (χ0) is 23.4. The number of carbonyl (C=O) groups excluding carboxylic acids is 1. The van der Waals surface area contributed by atoms with Crippen LogP contribution in [0.4, 0.5) is 0 Å². The van der Waals surface area contributed by atoms with Crippen LogP contribution < -0.4 is 5.32 Å². The van der Waals surface area contributed by atoms with E-state index < -0.39 is 16.1 Å². The largest absolute Gasteiger partial charge is 0.385 e. The first-order valence-electron chi connectivity index (χ1n) is 11.1. The average molecular weight is 472 g/mol. The Bertz CT molecular complexity index is 1240. The van der Waals surface area contributed by atoms with Gasteiger partial charge in [0.2, 0.25) is 15.9 Å². The van der Waals surface area contributed by atoms with Crippen LogP contribution >= 0.6 is 0 Å². The summed E-state index contributed by atoms with van der Waals surface area (Å²) in [5.74, 6) is -0.275. The van der Waals surface area contributed by atoms with E-state index in [4.69, 9.17) is 4.74 Å². The molecule has 1 saturated heterocycles. The molecule has 9 nitrogen and oxygen atoms in total. The quantitative estimate of drug-likeness (QED) is 0.480. The van der Waals surface area contributed by atoms with Gasteiger partial charge in [-0.15, -0.1) is 5.10 Å². The number of benzene rings is 2. The van der Waals surface area contributed by atoms with Crippen molar-refractivity contribution in [2.45, 2.75) is 50.2 Å². The number of carbonyl (C=O) groups is 1. The van der Waals surface area contributed by atoms with Crippen molar-refractivity contribution < 1.29 is 17.9 Å². The minimum atomic E-state index is -3.85. The van der Waals surface area contributed by atoms with Gasteiger partial charge < -0.3 is 10.1 Å². The second-order valence-corrected chi connectivity index (χ2v) is 10.2. The fraction of sp³-hybridized carbons (Fsp3) is 0.435. The van der Waals surface area contributed by atoms with Gasteiger partial charge in [-0.2, -0.15) is 4.31 Å². The Balaban J connectivity index is 1.49. The molecule has 1 amide bonds. The molecule has 1 unspecified atom stereocenters. The molecule has 10 heteroatoms. The van der Waals surface area contributed by atoms with Crippen molar-refractivity contribution in [2.24, 2.45) is 0 Å². The van der Waals surface area contributed by atoms with Gasteiger partial charge in [0.05, 0.1) is 10.4 Å². The highest BCUT2D eigenvalue weighted by molar-refractivity contribution is 7.89. The van der Waals surface area contributed by atoms with Gasteiger partial charge in [-0.3, -0.25) is 4.79 Å². The molecule has 176 valence electrons. The highest BCUT2D eigenvalue weighted by Crippen LogP contribution is 2.28. The van der Waals surface area contributed by atoms with Gasteiger partial charge in [-0.1, -0.05) is 35.0 Å². The number of nitrogens with one attached hydrogen (secondary N) is 1. The van der Waals surface area contributed by atoms with Crippen LogP contribution in [0, 0.1) is 6.92 Å². The molecule has 1 N–H and O–H groups in total. The summed E-state index contributed by atoms with van der Waals surface area (Å²) in [6.07, 6.45) is 1.92. The van der Waals surface area contributed by atoms with E-state index >= 15 is 0 Å². The van der Waals surface area contributed by atoms with Crippen molar-refractivity contribution in [3.8, 4) is 0 Å². The van der Waals surface area contributed by atoms with E-state index in [2.05, 4.69) is 15.6 Å². The van der Waals surface area contributed by atoms with Crippen LogP contribution in [0.1, 0.15) is 30.4 Å². The summed E-state index contributed by atoms with van der Waals surface area (Å²) in [6, 6.07) is 12.0. The number of hydrogen-bond donors (Lipinski definition) is 1. The third kappa shape index (κ3) is 5.07. The van der Waals surface area contributed by atoms with Crippen LogP contribution in [0.25, 0.3) is 11.0 Å². The first kappa shape index (κ1) is 23.3. The number of aryl methyl sites for hydroxylation is 2. The topological polar surface area (TPSA) is 106 Å². The van der Waals surface area contributed by atoms with Gasteiger partial charge in [0.15, 0.2) is 0 Å². The lowest BCUT2D eigenvalue weighted by Crippen LogP contribution is -2.45. The van der Waals surface area contributed by atoms with E-state index in [0.29, 0.717) is 44.6 Å². The predicted molar refractivity (Wildman–Crippen MR) is 124 cm³/mol. The summed E-state index contributed by atoms with van der Waals surface area (Å²) >= 11 is 0. The summed E-state index contributed by atoms with van der Waals surface area (Å²) in [6.45, 7) is 3.91. The number of amides is 1. The molecule has 0 radical (unpaired) electrons. The van der Waals surface area contributed by atoms with Crippen molar-refractivity contribution in [1.29, 1.82) is 0 Å². The lowest BCUT2D eigenvalue weighted by atomic mass is 10.1. The number of nitrogens with zero attached hydrogens (tertiary/aromatic N) is 4. The smallest absolute Gasteiger partial charge is 0.243 e. The molecule has 1 aliphatic heterocycles. The fourth-order valence-corrected chi connectivity index (χ4v) is 5.87. The van der Waals surface area contributed by atoms with Crippen molar-refractivity contribution in [3.63, 3.8) is 0 Å². The minimum absolute atomic E-state index is 0.123. The minimum Gasteiger partial charge on any atom is -0.385 e. The summed E-state index contributed by atoms with van der Waals surface area (Å²) in [7, 11) is -2.21. The molecule has 2 heterocycles. The number of ether oxygens (including phenoxy) is 1. The standard InChI is InChI=1S/C23H29N5O4S/c1-17-6-3-7-18(14-17)16-24-23(29)22-8-4-12-28(22)33(30,31)19-9-10-21-20(15-19)25-26-27(21)11-5-13-32-2/h3,6-7,9-10,14-15,22H,4-5,8,11-13,16H2,1-2H3,(H,24,29). The molecule has 1 atom stereocenters. The molecule has 1 fully saturated rings. The van der Waals surface area contributed by atoms with E-state index in [1.807, 2.05) is 31.2 Å². The van der Waals surface area contributed by atoms with Crippen molar-refractivity contribution in [2.75, 3.05) is 20.3 Å². The third-order valence-electron chi connectivity index (χ3n) is 5.87. The maximum Gasteiger partial charge on any atom is 0.243 e. The summed E-state index contributed by atoms with van der Waals surface area (Å²) < 4.78 is 34.9. The number of aromatic nitrogens is 3. The van der Waals surface area contributed by atoms with Crippen LogP contribution in [-0.4, -0.2) is 59.9 Å². The molecular weight excluding hydrogens is 442 g/mol. The highest BCUT2D eigenvalue weighted by Gasteiger charge is 2.39. The molecule has 0 saturated carbocycles. The first-order valence-corrected chi connectivity index (χ1v) is 12.5. The number of sulfonamides is 1. The predicted octanol–water partition coefficient (Wildman–Crippen LogP) is 2.25. The van der Waals surface area contributed by atoms with Crippen LogP contribution in [0.15, 0.2) is 47.4 Å². The number of hydrogen-bond acceptors (Lipinski definition) is 6. The van der Waals surface area contributed by atoms with Gasteiger partial charge in [-0.25, -0.2) is 13.1 Å². The monoisotopic (exact) mass is 471 g/mol. The van der Waals surface area contributed by atoms with Gasteiger partial charge in [-0.05, 0) is 49.9 Å². The SMILES string of the molecule is COCCCn1nnc2cc(S(=O)(=O)N3CCCC3C(=O)NCc3cccc(C)c3)ccc21. The van der Waals surface area contributed by atoms with E-state index in [9.17, 15) is 13.2 Å². The lowest BCUT2D eigenvalue weighted by Gasteiger charge is -2.23. The fourth-order valence-electron chi connectivity index (χ4n) is 4.19. The van der Waals surface area contributed by atoms with Gasteiger partial charge in [0, 0.05) is 33.4 Å². The lowest BCUT2D eigenvalue weighted by molar-refractivity contribution is -0.124. The molecule has 33 heavy (non-hydrogen) atoms. The Morgan fingerprint density at radius 3 is 2.88 bits per heavy atom. The van der Waals surface area contributed by atoms with E-state index in [0.717, 1.165) is 23.1 Å². The molecule has 0 aliphatic carbocycles. The van der Waals surface area contributed by atoms with Gasteiger partial charge >= 0.3 is 0 Å². The molecule has 2 aromatic carbocycles. The van der Waals surface area contributed by atoms with E-state index in [1.54, 1.807) is 23.9 Å². The first-order chi connectivity index (χ1) is 15.9. The Kier molecular flexibility index (Phi) is 7.06. The van der Waals surface area contributed by atoms with Gasteiger partial charge in [0.1, 0.15) is 11.6 Å². The number of fused-ring (bicyclic) bond motifs is 1. The Labute approximate surface area is 193 Å². The van der Waals surface area contributed by atoms with E-state index in [-0.39, 0.29) is 10.8 Å². The van der Waals surface area contributed by atoms with Gasteiger partial charge in [0.25, 0.3) is 0 Å². The third-order valence-corrected chi connectivity index (χ3v) is 7.77. The second kappa shape index (κ2) is 9.98. The summed E-state index contributed by atoms with van der Waals surface area (Å²) in [5, 5.41) is 11.2. The van der Waals surface area contributed by atoms with Crippen molar-refractivity contribution in [3.05, 3.63) is 53.6 Å². The molecule has 3 aromatic rings. The molecular formula is C23H29N5O4S. The van der Waals surface area contributed by atoms with Crippen LogP contribution in [0.2, 0.25) is 0 Å². The molecule has 1 aromatic heterocycles. The van der Waals surface area contributed by atoms with Crippen molar-refractivity contribution >= 4 is 27.0 Å². The zero-order valence-electron chi connectivity index (χ0n) is 18.9. The zero-order valence-corrected chi connectivity index (χ0v) is 19.7. The molecule has 0 bridgehead atoms. The van der Waals surface area contributed by atoms with Crippen molar-refractivity contribution in [1.82, 2.24) is 24.6 Å². The summed E-state index contributed by atoms with van der Waals surface area (Å²) in [5.41, 5.74) is 3.36. The maximum atomic E-state index is 13.4. The van der Waals surface area contributed by atoms with E-state index in [1.165, 1.54) is 10.4 Å². The molecule has 4 rings (SSSR count). The Morgan fingerprint density at radius 1 is 1.24 bits per heavy atom. The second-order valence-electron chi connectivity index (χ2n) is 8.29.